The summed E-state index contributed by atoms with van der Waals surface area (Å²) < 4.78 is 0. The second-order valence-corrected chi connectivity index (χ2v) is 5.65. The molecular weight excluding hydrogens is 196 g/mol. The van der Waals surface area contributed by atoms with Gasteiger partial charge < -0.3 is 0 Å². The smallest absolute Gasteiger partial charge is 0.0258 e. The van der Waals surface area contributed by atoms with Crippen LogP contribution in [-0.4, -0.2) is 0 Å². The first-order valence-corrected chi connectivity index (χ1v) is 6.57. The Bertz CT molecular complexity index is 340. The fourth-order valence-electron chi connectivity index (χ4n) is 1.21. The lowest BCUT2D eigenvalue weighted by Crippen LogP contribution is -1.92. The summed E-state index contributed by atoms with van der Waals surface area (Å²) in [5.74, 6) is 0.644. The number of hydrogen-bond donors (Lipinski definition) is 0. The molecule has 1 heterocycles. The minimum absolute atomic E-state index is 0.644. The van der Waals surface area contributed by atoms with Crippen molar-refractivity contribution < 1.29 is 0 Å². The van der Waals surface area contributed by atoms with Crippen LogP contribution in [0.3, 0.4) is 0 Å². The predicted molar refractivity (Wildman–Crippen MR) is 62.7 cm³/mol. The molecule has 0 N–H and O–H groups in total. The SMILES string of the molecule is CC(C)C1=Cc2ccccc2SS1. The first-order valence-electron chi connectivity index (χ1n) is 4.42. The zero-order valence-electron chi connectivity index (χ0n) is 7.78. The van der Waals surface area contributed by atoms with Crippen LogP contribution < -0.4 is 0 Å². The summed E-state index contributed by atoms with van der Waals surface area (Å²) >= 11 is 0. The van der Waals surface area contributed by atoms with Crippen LogP contribution in [0.25, 0.3) is 6.08 Å². The maximum Gasteiger partial charge on any atom is 0.0258 e. The van der Waals surface area contributed by atoms with E-state index in [0.29, 0.717) is 5.92 Å². The maximum atomic E-state index is 2.31. The zero-order valence-corrected chi connectivity index (χ0v) is 9.41. The van der Waals surface area contributed by atoms with Gasteiger partial charge in [-0.05, 0) is 28.5 Å². The van der Waals surface area contributed by atoms with Gasteiger partial charge in [0.15, 0.2) is 0 Å². The Morgan fingerprint density at radius 3 is 2.62 bits per heavy atom. The number of fused-ring (bicyclic) bond motifs is 1. The highest BCUT2D eigenvalue weighted by Crippen LogP contribution is 2.46. The lowest BCUT2D eigenvalue weighted by Gasteiger charge is -2.16. The molecular formula is C11H12S2. The van der Waals surface area contributed by atoms with Gasteiger partial charge in [0, 0.05) is 4.90 Å². The van der Waals surface area contributed by atoms with Crippen LogP contribution in [0.1, 0.15) is 19.4 Å². The average Bonchev–Trinajstić information content (AvgIpc) is 2.17. The van der Waals surface area contributed by atoms with E-state index in [4.69, 9.17) is 0 Å². The molecule has 0 saturated carbocycles. The lowest BCUT2D eigenvalue weighted by molar-refractivity contribution is 0.822. The second kappa shape index (κ2) is 3.81. The predicted octanol–water partition coefficient (Wildman–Crippen LogP) is 4.44. The van der Waals surface area contributed by atoms with Gasteiger partial charge in [0.1, 0.15) is 0 Å². The number of rotatable bonds is 1. The Kier molecular flexibility index (Phi) is 2.70. The van der Waals surface area contributed by atoms with E-state index in [1.807, 2.05) is 21.6 Å². The van der Waals surface area contributed by atoms with Crippen LogP contribution in [0, 0.1) is 5.92 Å². The highest BCUT2D eigenvalue weighted by molar-refractivity contribution is 8.78. The minimum atomic E-state index is 0.644. The lowest BCUT2D eigenvalue weighted by atomic mass is 10.1. The summed E-state index contributed by atoms with van der Waals surface area (Å²) in [5.41, 5.74) is 1.37. The third kappa shape index (κ3) is 1.94. The van der Waals surface area contributed by atoms with E-state index in [-0.39, 0.29) is 0 Å². The highest BCUT2D eigenvalue weighted by Gasteiger charge is 2.13. The van der Waals surface area contributed by atoms with E-state index in [0.717, 1.165) is 0 Å². The van der Waals surface area contributed by atoms with Crippen LogP contribution in [0.5, 0.6) is 0 Å². The van der Waals surface area contributed by atoms with E-state index in [9.17, 15) is 0 Å². The second-order valence-electron chi connectivity index (χ2n) is 3.41. The zero-order chi connectivity index (χ0) is 9.26. The molecule has 13 heavy (non-hydrogen) atoms. The van der Waals surface area contributed by atoms with Gasteiger partial charge in [-0.1, -0.05) is 53.6 Å². The monoisotopic (exact) mass is 208 g/mol. The molecule has 0 atom stereocenters. The first kappa shape index (κ1) is 9.22. The van der Waals surface area contributed by atoms with Crippen molar-refractivity contribution in [3.63, 3.8) is 0 Å². The molecule has 0 unspecified atom stereocenters. The Balaban J connectivity index is 2.38. The molecule has 0 spiro atoms. The van der Waals surface area contributed by atoms with Crippen molar-refractivity contribution in [3.05, 3.63) is 34.7 Å². The molecule has 1 aromatic rings. The standard InChI is InChI=1S/C11H12S2/c1-8(2)11-7-9-5-3-4-6-10(9)12-13-11/h3-8H,1-2H3. The van der Waals surface area contributed by atoms with E-state index < -0.39 is 0 Å². The molecule has 1 aliphatic heterocycles. The van der Waals surface area contributed by atoms with Gasteiger partial charge in [-0.3, -0.25) is 0 Å². The van der Waals surface area contributed by atoms with Crippen molar-refractivity contribution in [2.45, 2.75) is 18.7 Å². The molecule has 0 bridgehead atoms. The fraction of sp³-hybridized carbons (Fsp3) is 0.273. The van der Waals surface area contributed by atoms with Gasteiger partial charge in [0.05, 0.1) is 0 Å². The molecule has 0 aromatic heterocycles. The van der Waals surface area contributed by atoms with Crippen molar-refractivity contribution in [2.24, 2.45) is 5.92 Å². The third-order valence-corrected chi connectivity index (χ3v) is 4.80. The molecule has 0 saturated heterocycles. The van der Waals surface area contributed by atoms with Gasteiger partial charge in [0.2, 0.25) is 0 Å². The number of benzene rings is 1. The fourth-order valence-corrected chi connectivity index (χ4v) is 3.85. The van der Waals surface area contributed by atoms with Crippen LogP contribution in [-0.2, 0) is 0 Å². The molecule has 0 fully saturated rings. The summed E-state index contributed by atoms with van der Waals surface area (Å²) in [6.07, 6.45) is 2.31. The topological polar surface area (TPSA) is 0 Å². The quantitative estimate of drug-likeness (QED) is 0.626. The summed E-state index contributed by atoms with van der Waals surface area (Å²) in [6, 6.07) is 8.56. The van der Waals surface area contributed by atoms with Crippen LogP contribution in [0.15, 0.2) is 34.1 Å². The number of hydrogen-bond acceptors (Lipinski definition) is 2. The minimum Gasteiger partial charge on any atom is -0.0616 e. The van der Waals surface area contributed by atoms with Crippen molar-refractivity contribution in [1.29, 1.82) is 0 Å². The molecule has 2 rings (SSSR count). The van der Waals surface area contributed by atoms with Gasteiger partial charge in [0.25, 0.3) is 0 Å². The van der Waals surface area contributed by atoms with E-state index >= 15 is 0 Å². The first-order chi connectivity index (χ1) is 6.27. The summed E-state index contributed by atoms with van der Waals surface area (Å²) in [5, 5.41) is 0. The van der Waals surface area contributed by atoms with Crippen LogP contribution >= 0.6 is 21.6 Å². The average molecular weight is 208 g/mol. The van der Waals surface area contributed by atoms with Crippen molar-refractivity contribution in [1.82, 2.24) is 0 Å². The van der Waals surface area contributed by atoms with Crippen molar-refractivity contribution >= 4 is 27.7 Å². The summed E-state index contributed by atoms with van der Waals surface area (Å²) in [7, 11) is 3.77. The Labute approximate surface area is 87.2 Å². The van der Waals surface area contributed by atoms with Crippen LogP contribution in [0.4, 0.5) is 0 Å². The maximum absolute atomic E-state index is 2.31. The van der Waals surface area contributed by atoms with Crippen LogP contribution in [0.2, 0.25) is 0 Å². The Morgan fingerprint density at radius 2 is 1.85 bits per heavy atom. The molecule has 0 amide bonds. The molecule has 0 nitrogen and oxygen atoms in total. The molecule has 1 aliphatic rings. The largest absolute Gasteiger partial charge is 0.0616 e. The van der Waals surface area contributed by atoms with Gasteiger partial charge >= 0.3 is 0 Å². The van der Waals surface area contributed by atoms with Crippen molar-refractivity contribution in [2.75, 3.05) is 0 Å². The number of allylic oxidation sites excluding steroid dienone is 1. The van der Waals surface area contributed by atoms with Crippen molar-refractivity contribution in [3.8, 4) is 0 Å². The molecule has 2 heteroatoms. The third-order valence-electron chi connectivity index (χ3n) is 2.01. The molecule has 0 radical (unpaired) electrons. The molecule has 0 aliphatic carbocycles. The normalized spacial score (nSPS) is 15.5. The van der Waals surface area contributed by atoms with Gasteiger partial charge in [-0.25, -0.2) is 0 Å². The highest BCUT2D eigenvalue weighted by atomic mass is 33.1. The van der Waals surface area contributed by atoms with E-state index in [1.165, 1.54) is 15.4 Å². The van der Waals surface area contributed by atoms with E-state index in [2.05, 4.69) is 44.2 Å². The summed E-state index contributed by atoms with van der Waals surface area (Å²) in [4.78, 5) is 2.86. The molecule has 1 aromatic carbocycles. The van der Waals surface area contributed by atoms with Gasteiger partial charge in [-0.2, -0.15) is 0 Å². The Hall–Kier alpha value is -0.340. The van der Waals surface area contributed by atoms with Gasteiger partial charge in [-0.15, -0.1) is 0 Å². The van der Waals surface area contributed by atoms with E-state index in [1.54, 1.807) is 0 Å². The molecule has 68 valence electrons. The Morgan fingerprint density at radius 1 is 1.08 bits per heavy atom. The summed E-state index contributed by atoms with van der Waals surface area (Å²) in [6.45, 7) is 4.49.